The summed E-state index contributed by atoms with van der Waals surface area (Å²) in [5.41, 5.74) is 0. The summed E-state index contributed by atoms with van der Waals surface area (Å²) < 4.78 is 4.99. The SMILES string of the molecule is CC(C)[C@@H](C#N)OCCO. The van der Waals surface area contributed by atoms with Crippen LogP contribution in [0.5, 0.6) is 0 Å². The van der Waals surface area contributed by atoms with Crippen LogP contribution in [0.2, 0.25) is 0 Å². The van der Waals surface area contributed by atoms with Gasteiger partial charge in [-0.05, 0) is 5.92 Å². The molecule has 0 saturated carbocycles. The molecule has 3 heteroatoms. The highest BCUT2D eigenvalue weighted by Crippen LogP contribution is 2.03. The molecule has 0 fully saturated rings. The molecule has 1 N–H and O–H groups in total. The predicted molar refractivity (Wildman–Crippen MR) is 37.3 cm³/mol. The Hall–Kier alpha value is -0.590. The maximum Gasteiger partial charge on any atom is 0.146 e. The molecule has 0 aromatic heterocycles. The molecule has 3 nitrogen and oxygen atoms in total. The number of nitrogens with zero attached hydrogens (tertiary/aromatic N) is 1. The van der Waals surface area contributed by atoms with Crippen LogP contribution in [0.3, 0.4) is 0 Å². The molecule has 0 unspecified atom stereocenters. The van der Waals surface area contributed by atoms with Gasteiger partial charge in [0, 0.05) is 0 Å². The number of aliphatic hydroxyl groups excluding tert-OH is 1. The van der Waals surface area contributed by atoms with Crippen LogP contribution in [0.15, 0.2) is 0 Å². The molecule has 0 aliphatic rings. The van der Waals surface area contributed by atoms with E-state index in [1.807, 2.05) is 19.9 Å². The van der Waals surface area contributed by atoms with Gasteiger partial charge in [0.15, 0.2) is 0 Å². The third-order valence-electron chi connectivity index (χ3n) is 1.12. The fraction of sp³-hybridized carbons (Fsp3) is 0.857. The number of aliphatic hydroxyl groups is 1. The minimum Gasteiger partial charge on any atom is -0.394 e. The van der Waals surface area contributed by atoms with Crippen molar-refractivity contribution in [2.75, 3.05) is 13.2 Å². The first-order valence-electron chi connectivity index (χ1n) is 3.34. The summed E-state index contributed by atoms with van der Waals surface area (Å²) in [6, 6.07) is 2.00. The molecule has 1 atom stereocenters. The highest BCUT2D eigenvalue weighted by Gasteiger charge is 2.10. The molecule has 0 spiro atoms. The Morgan fingerprint density at radius 2 is 2.20 bits per heavy atom. The standard InChI is InChI=1S/C7H13NO2/c1-6(2)7(5-8)10-4-3-9/h6-7,9H,3-4H2,1-2H3/t7-/m1/s1. The Kier molecular flexibility index (Phi) is 4.91. The Morgan fingerprint density at radius 3 is 2.50 bits per heavy atom. The first-order chi connectivity index (χ1) is 4.72. The summed E-state index contributed by atoms with van der Waals surface area (Å²) >= 11 is 0. The molecule has 0 heterocycles. The number of hydrogen-bond donors (Lipinski definition) is 1. The Morgan fingerprint density at radius 1 is 1.60 bits per heavy atom. The van der Waals surface area contributed by atoms with Crippen molar-refractivity contribution in [1.82, 2.24) is 0 Å². The minimum atomic E-state index is -0.382. The summed E-state index contributed by atoms with van der Waals surface area (Å²) in [5, 5.41) is 16.8. The number of ether oxygens (including phenoxy) is 1. The van der Waals surface area contributed by atoms with Crippen molar-refractivity contribution in [3.63, 3.8) is 0 Å². The monoisotopic (exact) mass is 143 g/mol. The summed E-state index contributed by atoms with van der Waals surface area (Å²) in [5.74, 6) is 0.191. The minimum absolute atomic E-state index is 0.0229. The summed E-state index contributed by atoms with van der Waals surface area (Å²) in [6.45, 7) is 4.04. The largest absolute Gasteiger partial charge is 0.394 e. The Bertz CT molecular complexity index is 117. The van der Waals surface area contributed by atoms with E-state index in [0.717, 1.165) is 0 Å². The molecule has 0 aliphatic heterocycles. The van der Waals surface area contributed by atoms with E-state index in [1.165, 1.54) is 0 Å². The van der Waals surface area contributed by atoms with E-state index in [0.29, 0.717) is 0 Å². The average molecular weight is 143 g/mol. The molecule has 0 amide bonds. The van der Waals surface area contributed by atoms with Crippen LogP contribution < -0.4 is 0 Å². The summed E-state index contributed by atoms with van der Waals surface area (Å²) in [7, 11) is 0. The topological polar surface area (TPSA) is 53.2 Å². The molecule has 0 saturated heterocycles. The van der Waals surface area contributed by atoms with E-state index in [-0.39, 0.29) is 25.2 Å². The molecule has 0 rings (SSSR count). The van der Waals surface area contributed by atoms with Gasteiger partial charge in [-0.15, -0.1) is 0 Å². The number of hydrogen-bond acceptors (Lipinski definition) is 3. The smallest absolute Gasteiger partial charge is 0.146 e. The average Bonchev–Trinajstić information content (AvgIpc) is 1.89. The second-order valence-electron chi connectivity index (χ2n) is 2.39. The van der Waals surface area contributed by atoms with Gasteiger partial charge in [0.2, 0.25) is 0 Å². The lowest BCUT2D eigenvalue weighted by molar-refractivity contribution is 0.0353. The quantitative estimate of drug-likeness (QED) is 0.625. The van der Waals surface area contributed by atoms with Gasteiger partial charge in [-0.2, -0.15) is 5.26 Å². The lowest BCUT2D eigenvalue weighted by Crippen LogP contribution is -2.19. The molecule has 0 aromatic carbocycles. The van der Waals surface area contributed by atoms with Gasteiger partial charge < -0.3 is 9.84 Å². The molecule has 0 aromatic rings. The molecule has 10 heavy (non-hydrogen) atoms. The van der Waals surface area contributed by atoms with Crippen LogP contribution in [0.1, 0.15) is 13.8 Å². The Labute approximate surface area is 61.2 Å². The molecule has 58 valence electrons. The third kappa shape index (κ3) is 3.44. The normalized spacial score (nSPS) is 13.1. The second kappa shape index (κ2) is 5.21. The number of rotatable bonds is 4. The van der Waals surface area contributed by atoms with E-state index in [2.05, 4.69) is 0 Å². The van der Waals surface area contributed by atoms with E-state index in [1.54, 1.807) is 0 Å². The van der Waals surface area contributed by atoms with Crippen molar-refractivity contribution < 1.29 is 9.84 Å². The zero-order valence-electron chi connectivity index (χ0n) is 6.37. The van der Waals surface area contributed by atoms with Gasteiger partial charge in [-0.3, -0.25) is 0 Å². The van der Waals surface area contributed by atoms with Gasteiger partial charge in [-0.25, -0.2) is 0 Å². The van der Waals surface area contributed by atoms with Crippen LogP contribution in [0, 0.1) is 17.2 Å². The van der Waals surface area contributed by atoms with Crippen LogP contribution >= 0.6 is 0 Å². The van der Waals surface area contributed by atoms with Crippen molar-refractivity contribution in [3.05, 3.63) is 0 Å². The van der Waals surface area contributed by atoms with Crippen LogP contribution in [-0.2, 0) is 4.74 Å². The van der Waals surface area contributed by atoms with Crippen molar-refractivity contribution in [3.8, 4) is 6.07 Å². The molecular formula is C7H13NO2. The first-order valence-corrected chi connectivity index (χ1v) is 3.34. The number of nitriles is 1. The van der Waals surface area contributed by atoms with Gasteiger partial charge in [-0.1, -0.05) is 13.8 Å². The van der Waals surface area contributed by atoms with Crippen LogP contribution in [0.4, 0.5) is 0 Å². The van der Waals surface area contributed by atoms with Crippen LogP contribution in [-0.4, -0.2) is 24.4 Å². The van der Waals surface area contributed by atoms with Crippen molar-refractivity contribution in [2.45, 2.75) is 20.0 Å². The van der Waals surface area contributed by atoms with Gasteiger partial charge in [0.25, 0.3) is 0 Å². The zero-order chi connectivity index (χ0) is 7.98. The summed E-state index contributed by atoms with van der Waals surface area (Å²) in [6.07, 6.45) is -0.382. The van der Waals surface area contributed by atoms with E-state index in [9.17, 15) is 0 Å². The highest BCUT2D eigenvalue weighted by molar-refractivity contribution is 4.86. The second-order valence-corrected chi connectivity index (χ2v) is 2.39. The first kappa shape index (κ1) is 9.41. The highest BCUT2D eigenvalue weighted by atomic mass is 16.5. The van der Waals surface area contributed by atoms with Crippen molar-refractivity contribution in [2.24, 2.45) is 5.92 Å². The molecular weight excluding hydrogens is 130 g/mol. The fourth-order valence-electron chi connectivity index (χ4n) is 0.558. The van der Waals surface area contributed by atoms with Gasteiger partial charge >= 0.3 is 0 Å². The predicted octanol–water partition coefficient (Wildman–Crippen LogP) is 0.543. The van der Waals surface area contributed by atoms with Crippen LogP contribution in [0.25, 0.3) is 0 Å². The van der Waals surface area contributed by atoms with Gasteiger partial charge in [0.1, 0.15) is 6.10 Å². The molecule has 0 radical (unpaired) electrons. The molecule has 0 bridgehead atoms. The Balaban J connectivity index is 3.53. The van der Waals surface area contributed by atoms with E-state index in [4.69, 9.17) is 15.1 Å². The molecule has 0 aliphatic carbocycles. The third-order valence-corrected chi connectivity index (χ3v) is 1.12. The van der Waals surface area contributed by atoms with E-state index >= 15 is 0 Å². The van der Waals surface area contributed by atoms with Crippen molar-refractivity contribution in [1.29, 1.82) is 5.26 Å². The van der Waals surface area contributed by atoms with E-state index < -0.39 is 0 Å². The lowest BCUT2D eigenvalue weighted by atomic mass is 10.1. The zero-order valence-corrected chi connectivity index (χ0v) is 6.37. The van der Waals surface area contributed by atoms with Crippen molar-refractivity contribution >= 4 is 0 Å². The van der Waals surface area contributed by atoms with Gasteiger partial charge in [0.05, 0.1) is 19.3 Å². The maximum atomic E-state index is 8.47. The summed E-state index contributed by atoms with van der Waals surface area (Å²) in [4.78, 5) is 0. The fourth-order valence-corrected chi connectivity index (χ4v) is 0.558. The maximum absolute atomic E-state index is 8.47. The lowest BCUT2D eigenvalue weighted by Gasteiger charge is -2.12.